The average molecular weight is 417 g/mol. The van der Waals surface area contributed by atoms with Gasteiger partial charge in [0.05, 0.1) is 5.02 Å². The summed E-state index contributed by atoms with van der Waals surface area (Å²) in [5.74, 6) is 0.842. The normalized spacial score (nSPS) is 11.1. The Hall–Kier alpha value is -2.87. The number of carbonyl (C=O) groups excluding carboxylic acids is 1. The first-order chi connectivity index (χ1) is 13.2. The molecule has 0 spiro atoms. The molecule has 8 heteroatoms. The van der Waals surface area contributed by atoms with Crippen molar-refractivity contribution >= 4 is 33.2 Å². The first-order valence-electron chi connectivity index (χ1n) is 8.21. The van der Waals surface area contributed by atoms with E-state index in [4.69, 9.17) is 21.5 Å². The maximum atomic E-state index is 12.4. The molecular weight excluding hydrogens is 400 g/mol. The van der Waals surface area contributed by atoms with Gasteiger partial charge in [-0.05, 0) is 67.1 Å². The van der Waals surface area contributed by atoms with Crippen molar-refractivity contribution in [1.29, 1.82) is 0 Å². The second-order valence-electron chi connectivity index (χ2n) is 6.09. The van der Waals surface area contributed by atoms with Gasteiger partial charge in [-0.3, -0.25) is 4.79 Å². The van der Waals surface area contributed by atoms with Crippen LogP contribution in [0.15, 0.2) is 71.6 Å². The van der Waals surface area contributed by atoms with Gasteiger partial charge in [-0.25, -0.2) is 13.6 Å². The predicted octanol–water partition coefficient (Wildman–Crippen LogP) is 4.34. The Morgan fingerprint density at radius 2 is 1.71 bits per heavy atom. The largest absolute Gasteiger partial charge is 0.457 e. The van der Waals surface area contributed by atoms with Gasteiger partial charge < -0.3 is 10.1 Å². The van der Waals surface area contributed by atoms with Gasteiger partial charge in [0.15, 0.2) is 0 Å². The molecule has 3 N–H and O–H groups in total. The standard InChI is InChI=1S/C20H17ClN2O4S/c1-13-3-2-4-17(11-13)27-16-8-6-15(7-9-16)23-20(24)14-5-10-18(21)19(12-14)28(22,25)26/h2-12H,1H3,(H,23,24)(H2,22,25,26). The quantitative estimate of drug-likeness (QED) is 0.646. The van der Waals surface area contributed by atoms with Gasteiger partial charge in [0.2, 0.25) is 10.0 Å². The van der Waals surface area contributed by atoms with Crippen LogP contribution in [0.4, 0.5) is 5.69 Å². The topological polar surface area (TPSA) is 98.5 Å². The van der Waals surface area contributed by atoms with Crippen LogP contribution in [0.1, 0.15) is 15.9 Å². The van der Waals surface area contributed by atoms with E-state index in [-0.39, 0.29) is 15.5 Å². The number of ether oxygens (including phenoxy) is 1. The second-order valence-corrected chi connectivity index (χ2v) is 8.02. The monoisotopic (exact) mass is 416 g/mol. The van der Waals surface area contributed by atoms with Crippen LogP contribution in [0.25, 0.3) is 0 Å². The summed E-state index contributed by atoms with van der Waals surface area (Å²) >= 11 is 5.83. The highest BCUT2D eigenvalue weighted by Gasteiger charge is 2.16. The Balaban J connectivity index is 1.73. The number of aryl methyl sites for hydroxylation is 1. The highest BCUT2D eigenvalue weighted by atomic mass is 35.5. The van der Waals surface area contributed by atoms with Crippen LogP contribution in [-0.4, -0.2) is 14.3 Å². The highest BCUT2D eigenvalue weighted by Crippen LogP contribution is 2.25. The number of benzene rings is 3. The zero-order valence-corrected chi connectivity index (χ0v) is 16.4. The molecule has 0 unspecified atom stereocenters. The van der Waals surface area contributed by atoms with E-state index in [1.807, 2.05) is 31.2 Å². The average Bonchev–Trinajstić information content (AvgIpc) is 2.63. The number of carbonyl (C=O) groups is 1. The van der Waals surface area contributed by atoms with E-state index in [2.05, 4.69) is 5.32 Å². The molecule has 0 radical (unpaired) electrons. The van der Waals surface area contributed by atoms with Crippen molar-refractivity contribution < 1.29 is 17.9 Å². The molecule has 0 aliphatic rings. The zero-order valence-electron chi connectivity index (χ0n) is 14.8. The SMILES string of the molecule is Cc1cccc(Oc2ccc(NC(=O)c3ccc(Cl)c(S(N)(=O)=O)c3)cc2)c1. The molecule has 6 nitrogen and oxygen atoms in total. The molecule has 0 aromatic heterocycles. The third kappa shape index (κ3) is 4.89. The molecule has 0 bridgehead atoms. The zero-order chi connectivity index (χ0) is 20.3. The molecule has 1 amide bonds. The molecule has 28 heavy (non-hydrogen) atoms. The number of rotatable bonds is 5. The lowest BCUT2D eigenvalue weighted by atomic mass is 10.2. The van der Waals surface area contributed by atoms with Crippen molar-refractivity contribution in [2.45, 2.75) is 11.8 Å². The van der Waals surface area contributed by atoms with Gasteiger partial charge in [-0.2, -0.15) is 0 Å². The van der Waals surface area contributed by atoms with Gasteiger partial charge in [-0.1, -0.05) is 23.7 Å². The van der Waals surface area contributed by atoms with E-state index < -0.39 is 15.9 Å². The Labute approximate surface area is 168 Å². The molecular formula is C20H17ClN2O4S. The number of anilines is 1. The van der Waals surface area contributed by atoms with Crippen LogP contribution < -0.4 is 15.2 Å². The maximum absolute atomic E-state index is 12.4. The minimum atomic E-state index is -4.03. The predicted molar refractivity (Wildman–Crippen MR) is 108 cm³/mol. The van der Waals surface area contributed by atoms with Crippen LogP contribution in [0.5, 0.6) is 11.5 Å². The van der Waals surface area contributed by atoms with Gasteiger partial charge >= 0.3 is 0 Å². The fourth-order valence-electron chi connectivity index (χ4n) is 2.49. The lowest BCUT2D eigenvalue weighted by Gasteiger charge is -2.09. The van der Waals surface area contributed by atoms with Crippen molar-refractivity contribution in [2.24, 2.45) is 5.14 Å². The van der Waals surface area contributed by atoms with Gasteiger partial charge in [-0.15, -0.1) is 0 Å². The molecule has 0 saturated carbocycles. The molecule has 0 aliphatic carbocycles. The van der Waals surface area contributed by atoms with Crippen LogP contribution in [0.2, 0.25) is 5.02 Å². The van der Waals surface area contributed by atoms with Crippen molar-refractivity contribution in [2.75, 3.05) is 5.32 Å². The summed E-state index contributed by atoms with van der Waals surface area (Å²) in [6.45, 7) is 1.98. The van der Waals surface area contributed by atoms with E-state index in [1.165, 1.54) is 12.1 Å². The maximum Gasteiger partial charge on any atom is 0.255 e. The Morgan fingerprint density at radius 3 is 2.36 bits per heavy atom. The fourth-order valence-corrected chi connectivity index (χ4v) is 3.56. The minimum Gasteiger partial charge on any atom is -0.457 e. The first-order valence-corrected chi connectivity index (χ1v) is 10.1. The number of nitrogens with one attached hydrogen (secondary N) is 1. The van der Waals surface area contributed by atoms with Crippen molar-refractivity contribution in [3.05, 3.63) is 82.9 Å². The number of sulfonamides is 1. The summed E-state index contributed by atoms with van der Waals surface area (Å²) in [4.78, 5) is 12.1. The smallest absolute Gasteiger partial charge is 0.255 e. The number of primary sulfonamides is 1. The molecule has 0 saturated heterocycles. The summed E-state index contributed by atoms with van der Waals surface area (Å²) < 4.78 is 28.8. The molecule has 3 rings (SSSR count). The van der Waals surface area contributed by atoms with Crippen LogP contribution in [0.3, 0.4) is 0 Å². The first kappa shape index (κ1) is 19.9. The van der Waals surface area contributed by atoms with E-state index in [0.717, 1.165) is 11.6 Å². The Morgan fingerprint density at radius 1 is 1.00 bits per heavy atom. The number of nitrogens with two attached hydrogens (primary N) is 1. The molecule has 3 aromatic rings. The third-order valence-electron chi connectivity index (χ3n) is 3.84. The summed E-state index contributed by atoms with van der Waals surface area (Å²) in [6.07, 6.45) is 0. The third-order valence-corrected chi connectivity index (χ3v) is 5.23. The number of halogens is 1. The van der Waals surface area contributed by atoms with Gasteiger partial charge in [0.1, 0.15) is 16.4 Å². The molecule has 144 valence electrons. The number of hydrogen-bond donors (Lipinski definition) is 2. The van der Waals surface area contributed by atoms with Crippen LogP contribution in [0, 0.1) is 6.92 Å². The van der Waals surface area contributed by atoms with Gasteiger partial charge in [0.25, 0.3) is 5.91 Å². The van der Waals surface area contributed by atoms with Crippen LogP contribution >= 0.6 is 11.6 Å². The van der Waals surface area contributed by atoms with Crippen molar-refractivity contribution in [1.82, 2.24) is 0 Å². The number of amides is 1. The second kappa shape index (κ2) is 8.02. The van der Waals surface area contributed by atoms with Crippen LogP contribution in [-0.2, 0) is 10.0 Å². The van der Waals surface area contributed by atoms with Crippen molar-refractivity contribution in [3.8, 4) is 11.5 Å². The molecule has 0 fully saturated rings. The summed E-state index contributed by atoms with van der Waals surface area (Å²) in [6, 6.07) is 18.3. The lowest BCUT2D eigenvalue weighted by Crippen LogP contribution is -2.16. The van der Waals surface area contributed by atoms with E-state index in [1.54, 1.807) is 24.3 Å². The van der Waals surface area contributed by atoms with E-state index in [0.29, 0.717) is 17.2 Å². The Bertz CT molecular complexity index is 1130. The van der Waals surface area contributed by atoms with Gasteiger partial charge in [0, 0.05) is 11.3 Å². The van der Waals surface area contributed by atoms with Crippen molar-refractivity contribution in [3.63, 3.8) is 0 Å². The summed E-state index contributed by atoms with van der Waals surface area (Å²) in [5.41, 5.74) is 1.73. The summed E-state index contributed by atoms with van der Waals surface area (Å²) in [7, 11) is -4.03. The lowest BCUT2D eigenvalue weighted by molar-refractivity contribution is 0.102. The van der Waals surface area contributed by atoms with E-state index in [9.17, 15) is 13.2 Å². The minimum absolute atomic E-state index is 0.0447. The fraction of sp³-hybridized carbons (Fsp3) is 0.0500. The molecule has 0 aliphatic heterocycles. The van der Waals surface area contributed by atoms with E-state index >= 15 is 0 Å². The summed E-state index contributed by atoms with van der Waals surface area (Å²) in [5, 5.41) is 7.75. The molecule has 3 aromatic carbocycles. The number of hydrogen-bond acceptors (Lipinski definition) is 4. The Kier molecular flexibility index (Phi) is 5.69. The molecule has 0 heterocycles. The molecule has 0 atom stereocenters. The highest BCUT2D eigenvalue weighted by molar-refractivity contribution is 7.89.